The number of ether oxygens (including phenoxy) is 1. The number of hydrogen-bond acceptors (Lipinski definition) is 3. The topological polar surface area (TPSA) is 64.7 Å². The van der Waals surface area contributed by atoms with E-state index < -0.39 is 5.91 Å². The molecule has 0 aromatic carbocycles. The van der Waals surface area contributed by atoms with Gasteiger partial charge in [-0.25, -0.2) is 0 Å². The van der Waals surface area contributed by atoms with E-state index in [1.807, 2.05) is 6.92 Å². The molecular weight excluding hydrogens is 144 g/mol. The molecule has 1 rings (SSSR count). The molecule has 0 radical (unpaired) electrons. The molecule has 0 bridgehead atoms. The third-order valence-corrected chi connectivity index (χ3v) is 0.938. The summed E-state index contributed by atoms with van der Waals surface area (Å²) in [6.07, 6.45) is 1.06. The van der Waals surface area contributed by atoms with E-state index in [2.05, 4.69) is 17.3 Å². The number of hydrogen-bond donors (Lipinski definition) is 1. The highest BCUT2D eigenvalue weighted by atomic mass is 16.5. The Hall–Kier alpha value is -1.32. The number of primary amides is 1. The van der Waals surface area contributed by atoms with Gasteiger partial charge in [0.2, 0.25) is 5.91 Å². The smallest absolute Gasteiger partial charge is 0.240 e. The van der Waals surface area contributed by atoms with Crippen molar-refractivity contribution >= 4 is 11.8 Å². The van der Waals surface area contributed by atoms with Gasteiger partial charge in [-0.1, -0.05) is 6.58 Å². The maximum atomic E-state index is 9.47. The van der Waals surface area contributed by atoms with Crippen LogP contribution in [0, 0.1) is 0 Å². The summed E-state index contributed by atoms with van der Waals surface area (Å²) < 4.78 is 4.90. The third-order valence-electron chi connectivity index (χ3n) is 0.938. The molecule has 11 heavy (non-hydrogen) atoms. The Morgan fingerprint density at radius 1 is 1.91 bits per heavy atom. The average molecular weight is 156 g/mol. The van der Waals surface area contributed by atoms with Crippen LogP contribution in [-0.4, -0.2) is 25.0 Å². The maximum absolute atomic E-state index is 9.47. The molecule has 0 unspecified atom stereocenters. The minimum absolute atomic E-state index is 0.481. The zero-order valence-electron chi connectivity index (χ0n) is 6.54. The van der Waals surface area contributed by atoms with E-state index in [0.717, 1.165) is 25.1 Å². The molecule has 4 nitrogen and oxygen atoms in total. The van der Waals surface area contributed by atoms with Gasteiger partial charge in [-0.2, -0.15) is 0 Å². The lowest BCUT2D eigenvalue weighted by atomic mass is 10.6. The first kappa shape index (κ1) is 9.68. The molecule has 0 aromatic heterocycles. The van der Waals surface area contributed by atoms with Crippen LogP contribution in [0.5, 0.6) is 0 Å². The van der Waals surface area contributed by atoms with Crippen LogP contribution in [0.2, 0.25) is 0 Å². The van der Waals surface area contributed by atoms with Gasteiger partial charge in [-0.3, -0.25) is 9.79 Å². The molecule has 0 saturated carbocycles. The molecule has 4 heteroatoms. The molecule has 0 aliphatic carbocycles. The Morgan fingerprint density at radius 3 is 2.55 bits per heavy atom. The van der Waals surface area contributed by atoms with Crippen LogP contribution >= 0.6 is 0 Å². The number of carbonyl (C=O) groups is 1. The predicted molar refractivity (Wildman–Crippen MR) is 43.3 cm³/mol. The van der Waals surface area contributed by atoms with Gasteiger partial charge in [-0.05, 0) is 6.08 Å². The van der Waals surface area contributed by atoms with Crippen molar-refractivity contribution in [3.63, 3.8) is 0 Å². The summed E-state index contributed by atoms with van der Waals surface area (Å²) in [7, 11) is 0. The standard InChI is InChI=1S/C4H7NO.C3H5NO/c1-4-5-2-3-6-4;1-2-3(4)5/h2-3H2,1H3;2H,1H2,(H2,4,5). The molecule has 0 atom stereocenters. The fourth-order valence-electron chi connectivity index (χ4n) is 0.442. The number of amides is 1. The molecule has 1 aliphatic rings. The van der Waals surface area contributed by atoms with E-state index >= 15 is 0 Å². The summed E-state index contributed by atoms with van der Waals surface area (Å²) in [5.74, 6) is 0.347. The van der Waals surface area contributed by atoms with Gasteiger partial charge < -0.3 is 10.5 Å². The second-order valence-electron chi connectivity index (χ2n) is 1.86. The van der Waals surface area contributed by atoms with Crippen LogP contribution in [0.3, 0.4) is 0 Å². The predicted octanol–water partition coefficient (Wildman–Crippen LogP) is 0.0927. The third kappa shape index (κ3) is 6.57. The molecule has 0 saturated heterocycles. The van der Waals surface area contributed by atoms with E-state index in [4.69, 9.17) is 4.74 Å². The van der Waals surface area contributed by atoms with Crippen LogP contribution in [0.4, 0.5) is 0 Å². The van der Waals surface area contributed by atoms with Gasteiger partial charge in [0, 0.05) is 6.92 Å². The van der Waals surface area contributed by atoms with E-state index in [9.17, 15) is 4.79 Å². The highest BCUT2D eigenvalue weighted by Crippen LogP contribution is 1.89. The minimum atomic E-state index is -0.481. The van der Waals surface area contributed by atoms with E-state index in [1.54, 1.807) is 0 Å². The van der Waals surface area contributed by atoms with Crippen LogP contribution in [0.1, 0.15) is 6.92 Å². The zero-order valence-corrected chi connectivity index (χ0v) is 6.54. The van der Waals surface area contributed by atoms with Crippen molar-refractivity contribution in [2.75, 3.05) is 13.2 Å². The molecule has 1 heterocycles. The average Bonchev–Trinajstić information content (AvgIpc) is 2.41. The first-order valence-electron chi connectivity index (χ1n) is 3.22. The van der Waals surface area contributed by atoms with Crippen molar-refractivity contribution in [2.45, 2.75) is 6.92 Å². The fraction of sp³-hybridized carbons (Fsp3) is 0.429. The van der Waals surface area contributed by atoms with Crippen molar-refractivity contribution in [1.82, 2.24) is 0 Å². The lowest BCUT2D eigenvalue weighted by Crippen LogP contribution is -2.04. The van der Waals surface area contributed by atoms with Crippen molar-refractivity contribution < 1.29 is 9.53 Å². The molecule has 2 N–H and O–H groups in total. The van der Waals surface area contributed by atoms with Gasteiger partial charge in [0.15, 0.2) is 5.90 Å². The van der Waals surface area contributed by atoms with Crippen LogP contribution in [0.25, 0.3) is 0 Å². The van der Waals surface area contributed by atoms with E-state index in [0.29, 0.717) is 0 Å². The monoisotopic (exact) mass is 156 g/mol. The summed E-state index contributed by atoms with van der Waals surface area (Å²) >= 11 is 0. The zero-order chi connectivity index (χ0) is 8.69. The van der Waals surface area contributed by atoms with Gasteiger partial charge in [-0.15, -0.1) is 0 Å². The van der Waals surface area contributed by atoms with Crippen LogP contribution in [-0.2, 0) is 9.53 Å². The number of carbonyl (C=O) groups excluding carboxylic acids is 1. The lowest BCUT2D eigenvalue weighted by Gasteiger charge is -1.86. The Labute approximate surface area is 65.7 Å². The SMILES string of the molecule is C=CC(N)=O.CC1=NCCO1. The molecular formula is C7H12N2O2. The normalized spacial score (nSPS) is 13.7. The summed E-state index contributed by atoms with van der Waals surface area (Å²) in [6.45, 7) is 6.59. The van der Waals surface area contributed by atoms with Gasteiger partial charge in [0.05, 0.1) is 6.54 Å². The summed E-state index contributed by atoms with van der Waals surface area (Å²) in [6, 6.07) is 0. The summed E-state index contributed by atoms with van der Waals surface area (Å²) in [5, 5.41) is 0. The van der Waals surface area contributed by atoms with Crippen LogP contribution < -0.4 is 5.73 Å². The molecule has 1 amide bonds. The number of rotatable bonds is 1. The summed E-state index contributed by atoms with van der Waals surface area (Å²) in [5.41, 5.74) is 4.53. The minimum Gasteiger partial charge on any atom is -0.479 e. The largest absolute Gasteiger partial charge is 0.479 e. The number of nitrogens with two attached hydrogens (primary N) is 1. The Bertz CT molecular complexity index is 175. The molecule has 1 aliphatic heterocycles. The lowest BCUT2D eigenvalue weighted by molar-refractivity contribution is -0.113. The van der Waals surface area contributed by atoms with Crippen LogP contribution in [0.15, 0.2) is 17.6 Å². The van der Waals surface area contributed by atoms with Crippen molar-refractivity contribution in [2.24, 2.45) is 10.7 Å². The Balaban J connectivity index is 0.000000187. The molecule has 0 spiro atoms. The first-order valence-corrected chi connectivity index (χ1v) is 3.22. The molecule has 0 fully saturated rings. The van der Waals surface area contributed by atoms with E-state index in [-0.39, 0.29) is 0 Å². The number of aliphatic imine (C=N–C) groups is 1. The molecule has 62 valence electrons. The first-order chi connectivity index (χ1) is 5.16. The quantitative estimate of drug-likeness (QED) is 0.547. The second-order valence-corrected chi connectivity index (χ2v) is 1.86. The van der Waals surface area contributed by atoms with Crippen molar-refractivity contribution in [3.8, 4) is 0 Å². The van der Waals surface area contributed by atoms with Gasteiger partial charge in [0.25, 0.3) is 0 Å². The highest BCUT2D eigenvalue weighted by molar-refractivity contribution is 5.84. The van der Waals surface area contributed by atoms with Gasteiger partial charge >= 0.3 is 0 Å². The maximum Gasteiger partial charge on any atom is 0.240 e. The summed E-state index contributed by atoms with van der Waals surface area (Å²) in [4.78, 5) is 13.4. The van der Waals surface area contributed by atoms with Crippen molar-refractivity contribution in [1.29, 1.82) is 0 Å². The second kappa shape index (κ2) is 5.46. The Kier molecular flexibility index (Phi) is 4.81. The van der Waals surface area contributed by atoms with E-state index in [1.165, 1.54) is 0 Å². The molecule has 0 aromatic rings. The van der Waals surface area contributed by atoms with Gasteiger partial charge in [0.1, 0.15) is 6.61 Å². The van der Waals surface area contributed by atoms with Crippen molar-refractivity contribution in [3.05, 3.63) is 12.7 Å². The number of nitrogens with zero attached hydrogens (tertiary/aromatic N) is 1. The fourth-order valence-corrected chi connectivity index (χ4v) is 0.442. The Morgan fingerprint density at radius 2 is 2.45 bits per heavy atom. The highest BCUT2D eigenvalue weighted by Gasteiger charge is 1.96.